The molecule has 28 heavy (non-hydrogen) atoms. The van der Waals surface area contributed by atoms with E-state index in [0.717, 1.165) is 0 Å². The number of primary sulfonamides is 1. The molecule has 0 aromatic heterocycles. The molecule has 0 saturated heterocycles. The van der Waals surface area contributed by atoms with Crippen LogP contribution in [0, 0.1) is 0 Å². The van der Waals surface area contributed by atoms with Gasteiger partial charge in [-0.1, -0.05) is 12.1 Å². The van der Waals surface area contributed by atoms with E-state index in [1.807, 2.05) is 0 Å². The zero-order valence-corrected chi connectivity index (χ0v) is 15.8. The number of sulfonamides is 1. The predicted octanol–water partition coefficient (Wildman–Crippen LogP) is 0.391. The second-order valence-electron chi connectivity index (χ2n) is 6.28. The second-order valence-corrected chi connectivity index (χ2v) is 7.84. The highest BCUT2D eigenvalue weighted by molar-refractivity contribution is 7.89. The Balaban J connectivity index is 1.80. The van der Waals surface area contributed by atoms with E-state index in [-0.39, 0.29) is 29.8 Å². The fourth-order valence-electron chi connectivity index (χ4n) is 2.84. The maximum Gasteiger partial charge on any atom is 0.256 e. The van der Waals surface area contributed by atoms with Gasteiger partial charge in [-0.05, 0) is 36.4 Å². The molecular formula is C18H18N4O5S. The van der Waals surface area contributed by atoms with Gasteiger partial charge >= 0.3 is 0 Å². The number of benzene rings is 2. The summed E-state index contributed by atoms with van der Waals surface area (Å²) < 4.78 is 22.6. The standard InChI is InChI=1S/C18H18N4O5S/c1-21-11-17(24)22(15-5-3-2-4-14(15)18(21)25)10-16(23)20-12-6-8-13(9-7-12)28(19,26)27/h2-9H,10-11H2,1H3,(H,20,23)(H2,19,26,27). The molecule has 0 spiro atoms. The third kappa shape index (κ3) is 4.02. The van der Waals surface area contributed by atoms with Crippen molar-refractivity contribution >= 4 is 39.1 Å². The summed E-state index contributed by atoms with van der Waals surface area (Å²) in [6, 6.07) is 11.9. The number of hydrogen-bond donors (Lipinski definition) is 2. The number of amides is 3. The Morgan fingerprint density at radius 3 is 2.39 bits per heavy atom. The predicted molar refractivity (Wildman–Crippen MR) is 102 cm³/mol. The van der Waals surface area contributed by atoms with Crippen molar-refractivity contribution in [2.45, 2.75) is 4.90 Å². The average molecular weight is 402 g/mol. The second kappa shape index (κ2) is 7.41. The fraction of sp³-hybridized carbons (Fsp3) is 0.167. The molecule has 0 radical (unpaired) electrons. The largest absolute Gasteiger partial charge is 0.332 e. The van der Waals surface area contributed by atoms with Crippen LogP contribution in [-0.2, 0) is 19.6 Å². The minimum absolute atomic E-state index is 0.0799. The number of rotatable bonds is 4. The van der Waals surface area contributed by atoms with E-state index in [1.54, 1.807) is 24.3 Å². The molecule has 3 N–H and O–H groups in total. The van der Waals surface area contributed by atoms with E-state index < -0.39 is 15.9 Å². The van der Waals surface area contributed by atoms with E-state index in [0.29, 0.717) is 16.9 Å². The molecule has 2 aromatic rings. The van der Waals surface area contributed by atoms with E-state index >= 15 is 0 Å². The molecule has 3 rings (SSSR count). The van der Waals surface area contributed by atoms with Crippen LogP contribution in [0.25, 0.3) is 0 Å². The Morgan fingerprint density at radius 2 is 1.75 bits per heavy atom. The summed E-state index contributed by atoms with van der Waals surface area (Å²) in [6.07, 6.45) is 0. The molecule has 2 aromatic carbocycles. The van der Waals surface area contributed by atoms with Gasteiger partial charge < -0.3 is 15.1 Å². The van der Waals surface area contributed by atoms with Crippen LogP contribution >= 0.6 is 0 Å². The van der Waals surface area contributed by atoms with Gasteiger partial charge in [-0.25, -0.2) is 13.6 Å². The molecule has 0 aliphatic carbocycles. The third-order valence-corrected chi connectivity index (χ3v) is 5.14. The number of fused-ring (bicyclic) bond motifs is 1. The van der Waals surface area contributed by atoms with E-state index in [1.165, 1.54) is 41.1 Å². The zero-order valence-electron chi connectivity index (χ0n) is 15.0. The number of anilines is 2. The van der Waals surface area contributed by atoms with Crippen LogP contribution in [0.5, 0.6) is 0 Å². The van der Waals surface area contributed by atoms with Gasteiger partial charge in [0.1, 0.15) is 13.1 Å². The molecule has 9 nitrogen and oxygen atoms in total. The van der Waals surface area contributed by atoms with Crippen molar-refractivity contribution in [3.05, 3.63) is 54.1 Å². The molecule has 0 unspecified atom stereocenters. The first-order chi connectivity index (χ1) is 13.2. The minimum Gasteiger partial charge on any atom is -0.332 e. The summed E-state index contributed by atoms with van der Waals surface area (Å²) in [5.41, 5.74) is 1.05. The Bertz CT molecular complexity index is 1050. The van der Waals surface area contributed by atoms with Crippen LogP contribution in [0.4, 0.5) is 11.4 Å². The number of nitrogens with one attached hydrogen (secondary N) is 1. The number of likely N-dealkylation sites (N-methyl/N-ethyl adjacent to an activating group) is 1. The SMILES string of the molecule is CN1CC(=O)N(CC(=O)Nc2ccc(S(N)(=O)=O)cc2)c2ccccc2C1=O. The lowest BCUT2D eigenvalue weighted by Gasteiger charge is -2.21. The van der Waals surface area contributed by atoms with Gasteiger partial charge in [0.15, 0.2) is 0 Å². The highest BCUT2D eigenvalue weighted by Gasteiger charge is 2.30. The van der Waals surface area contributed by atoms with Gasteiger partial charge in [-0.2, -0.15) is 0 Å². The van der Waals surface area contributed by atoms with Crippen LogP contribution in [0.15, 0.2) is 53.4 Å². The van der Waals surface area contributed by atoms with Gasteiger partial charge in [0, 0.05) is 12.7 Å². The van der Waals surface area contributed by atoms with Gasteiger partial charge in [0.25, 0.3) is 5.91 Å². The summed E-state index contributed by atoms with van der Waals surface area (Å²) in [4.78, 5) is 39.9. The van der Waals surface area contributed by atoms with Gasteiger partial charge in [0.05, 0.1) is 16.1 Å². The first-order valence-corrected chi connectivity index (χ1v) is 9.79. The number of para-hydroxylation sites is 1. The number of carbonyl (C=O) groups excluding carboxylic acids is 3. The molecule has 3 amide bonds. The Labute approximate surface area is 161 Å². The Morgan fingerprint density at radius 1 is 1.11 bits per heavy atom. The van der Waals surface area contributed by atoms with E-state index in [9.17, 15) is 22.8 Å². The summed E-state index contributed by atoms with van der Waals surface area (Å²) in [5.74, 6) is -1.19. The maximum atomic E-state index is 12.5. The first-order valence-electron chi connectivity index (χ1n) is 8.24. The van der Waals surface area contributed by atoms with Crippen molar-refractivity contribution in [2.75, 3.05) is 30.4 Å². The van der Waals surface area contributed by atoms with E-state index in [4.69, 9.17) is 5.14 Å². The summed E-state index contributed by atoms with van der Waals surface area (Å²) >= 11 is 0. The fourth-order valence-corrected chi connectivity index (χ4v) is 3.35. The highest BCUT2D eigenvalue weighted by atomic mass is 32.2. The smallest absolute Gasteiger partial charge is 0.256 e. The van der Waals surface area contributed by atoms with Crippen molar-refractivity contribution in [3.63, 3.8) is 0 Å². The van der Waals surface area contributed by atoms with Crippen LogP contribution in [0.2, 0.25) is 0 Å². The molecule has 146 valence electrons. The minimum atomic E-state index is -3.83. The topological polar surface area (TPSA) is 130 Å². The van der Waals surface area contributed by atoms with Crippen LogP contribution in [-0.4, -0.2) is 51.2 Å². The third-order valence-electron chi connectivity index (χ3n) is 4.21. The molecule has 10 heteroatoms. The Kier molecular flexibility index (Phi) is 5.16. The summed E-state index contributed by atoms with van der Waals surface area (Å²) in [7, 11) is -2.31. The monoisotopic (exact) mass is 402 g/mol. The quantitative estimate of drug-likeness (QED) is 0.764. The number of hydrogen-bond acceptors (Lipinski definition) is 5. The van der Waals surface area contributed by atoms with Gasteiger partial charge in [0.2, 0.25) is 21.8 Å². The van der Waals surface area contributed by atoms with Crippen LogP contribution < -0.4 is 15.4 Å². The van der Waals surface area contributed by atoms with Crippen molar-refractivity contribution in [1.29, 1.82) is 0 Å². The van der Waals surface area contributed by atoms with Crippen molar-refractivity contribution in [2.24, 2.45) is 5.14 Å². The molecule has 1 aliphatic heterocycles. The summed E-state index contributed by atoms with van der Waals surface area (Å²) in [6.45, 7) is -0.447. The molecule has 0 atom stereocenters. The Hall–Kier alpha value is -3.24. The number of nitrogens with zero attached hydrogens (tertiary/aromatic N) is 2. The van der Waals surface area contributed by atoms with Gasteiger partial charge in [-0.3, -0.25) is 14.4 Å². The normalized spacial score (nSPS) is 14.5. The van der Waals surface area contributed by atoms with E-state index in [2.05, 4.69) is 5.32 Å². The molecule has 0 bridgehead atoms. The zero-order chi connectivity index (χ0) is 20.5. The molecular weight excluding hydrogens is 384 g/mol. The van der Waals surface area contributed by atoms with Crippen molar-refractivity contribution in [1.82, 2.24) is 4.90 Å². The molecule has 0 fully saturated rings. The average Bonchev–Trinajstić information content (AvgIpc) is 2.72. The number of nitrogens with two attached hydrogens (primary N) is 1. The lowest BCUT2D eigenvalue weighted by atomic mass is 10.1. The molecule has 0 saturated carbocycles. The van der Waals surface area contributed by atoms with Crippen molar-refractivity contribution in [3.8, 4) is 0 Å². The first kappa shape index (κ1) is 19.5. The highest BCUT2D eigenvalue weighted by Crippen LogP contribution is 2.25. The lowest BCUT2D eigenvalue weighted by molar-refractivity contribution is -0.121. The maximum absolute atomic E-state index is 12.5. The number of carbonyl (C=O) groups is 3. The molecule has 1 aliphatic rings. The van der Waals surface area contributed by atoms with Crippen molar-refractivity contribution < 1.29 is 22.8 Å². The summed E-state index contributed by atoms with van der Waals surface area (Å²) in [5, 5.41) is 7.63. The van der Waals surface area contributed by atoms with Gasteiger partial charge in [-0.15, -0.1) is 0 Å². The van der Waals surface area contributed by atoms with Crippen LogP contribution in [0.1, 0.15) is 10.4 Å². The van der Waals surface area contributed by atoms with Crippen LogP contribution in [0.3, 0.4) is 0 Å². The molecule has 1 heterocycles. The lowest BCUT2D eigenvalue weighted by Crippen LogP contribution is -2.41.